The molecule has 0 bridgehead atoms. The molecule has 1 heterocycles. The molecular formula is C15H19Cl2NO2. The van der Waals surface area contributed by atoms with E-state index in [-0.39, 0.29) is 12.0 Å². The van der Waals surface area contributed by atoms with Crippen LogP contribution in [-0.4, -0.2) is 35.1 Å². The van der Waals surface area contributed by atoms with Crippen molar-refractivity contribution in [2.75, 3.05) is 13.1 Å². The van der Waals surface area contributed by atoms with Crippen LogP contribution in [0, 0.1) is 5.92 Å². The van der Waals surface area contributed by atoms with Crippen molar-refractivity contribution in [3.05, 3.63) is 33.8 Å². The van der Waals surface area contributed by atoms with Gasteiger partial charge >= 0.3 is 5.97 Å². The first-order valence-corrected chi connectivity index (χ1v) is 7.63. The Morgan fingerprint density at radius 2 is 2.05 bits per heavy atom. The number of piperidine rings is 1. The Kier molecular flexibility index (Phi) is 5.30. The molecule has 0 aromatic heterocycles. The van der Waals surface area contributed by atoms with Crippen molar-refractivity contribution in [1.82, 2.24) is 4.90 Å². The predicted octanol–water partition coefficient (Wildman–Crippen LogP) is 3.72. The highest BCUT2D eigenvalue weighted by molar-refractivity contribution is 6.34. The zero-order valence-electron chi connectivity index (χ0n) is 11.5. The van der Waals surface area contributed by atoms with Crippen LogP contribution >= 0.6 is 23.2 Å². The molecule has 0 radical (unpaired) electrons. The topological polar surface area (TPSA) is 40.5 Å². The fraction of sp³-hybridized carbons (Fsp3) is 0.533. The second-order valence-corrected chi connectivity index (χ2v) is 6.38. The maximum absolute atomic E-state index is 11.1. The van der Waals surface area contributed by atoms with E-state index in [9.17, 15) is 4.79 Å². The second kappa shape index (κ2) is 6.79. The van der Waals surface area contributed by atoms with Crippen molar-refractivity contribution < 1.29 is 9.90 Å². The lowest BCUT2D eigenvalue weighted by Gasteiger charge is -2.35. The number of halogens is 2. The Hall–Kier alpha value is -0.770. The van der Waals surface area contributed by atoms with Gasteiger partial charge in [-0.3, -0.25) is 9.69 Å². The third kappa shape index (κ3) is 4.11. The highest BCUT2D eigenvalue weighted by Crippen LogP contribution is 2.23. The Labute approximate surface area is 129 Å². The van der Waals surface area contributed by atoms with Gasteiger partial charge in [-0.05, 0) is 56.5 Å². The maximum Gasteiger partial charge on any atom is 0.307 e. The minimum Gasteiger partial charge on any atom is -0.481 e. The molecule has 0 amide bonds. The first-order chi connectivity index (χ1) is 9.45. The van der Waals surface area contributed by atoms with Crippen molar-refractivity contribution >= 4 is 29.2 Å². The number of carbonyl (C=O) groups is 1. The molecule has 1 saturated heterocycles. The van der Waals surface area contributed by atoms with E-state index in [1.165, 1.54) is 0 Å². The zero-order chi connectivity index (χ0) is 14.7. The number of benzene rings is 1. The minimum absolute atomic E-state index is 0.242. The highest BCUT2D eigenvalue weighted by atomic mass is 35.5. The number of hydrogen-bond acceptors (Lipinski definition) is 2. The van der Waals surface area contributed by atoms with Crippen LogP contribution in [0.15, 0.2) is 18.2 Å². The Balaban J connectivity index is 2.00. The molecule has 0 spiro atoms. The van der Waals surface area contributed by atoms with E-state index in [0.29, 0.717) is 16.6 Å². The summed E-state index contributed by atoms with van der Waals surface area (Å²) >= 11 is 12.0. The van der Waals surface area contributed by atoms with Crippen molar-refractivity contribution in [2.24, 2.45) is 5.92 Å². The van der Waals surface area contributed by atoms with Gasteiger partial charge in [-0.1, -0.05) is 23.2 Å². The summed E-state index contributed by atoms with van der Waals surface area (Å²) in [6.07, 6.45) is 2.55. The number of carboxylic acids is 1. The molecule has 110 valence electrons. The van der Waals surface area contributed by atoms with E-state index in [1.807, 2.05) is 12.1 Å². The van der Waals surface area contributed by atoms with Crippen molar-refractivity contribution in [1.29, 1.82) is 0 Å². The molecule has 3 nitrogen and oxygen atoms in total. The van der Waals surface area contributed by atoms with Crippen LogP contribution in [0.2, 0.25) is 10.0 Å². The molecule has 2 unspecified atom stereocenters. The summed E-state index contributed by atoms with van der Waals surface area (Å²) in [7, 11) is 0. The lowest BCUT2D eigenvalue weighted by Crippen LogP contribution is -2.44. The zero-order valence-corrected chi connectivity index (χ0v) is 13.0. The van der Waals surface area contributed by atoms with Crippen molar-refractivity contribution in [3.63, 3.8) is 0 Å². The largest absolute Gasteiger partial charge is 0.481 e. The van der Waals surface area contributed by atoms with E-state index in [0.717, 1.165) is 31.4 Å². The third-order valence-electron chi connectivity index (χ3n) is 3.88. The molecule has 1 aromatic rings. The maximum atomic E-state index is 11.1. The van der Waals surface area contributed by atoms with Crippen LogP contribution in [0.4, 0.5) is 0 Å². The minimum atomic E-state index is -0.687. The van der Waals surface area contributed by atoms with Gasteiger partial charge in [0.1, 0.15) is 0 Å². The average molecular weight is 316 g/mol. The molecule has 1 aliphatic rings. The van der Waals surface area contributed by atoms with Gasteiger partial charge < -0.3 is 5.11 Å². The molecule has 20 heavy (non-hydrogen) atoms. The van der Waals surface area contributed by atoms with E-state index >= 15 is 0 Å². The van der Waals surface area contributed by atoms with Gasteiger partial charge in [0.25, 0.3) is 0 Å². The summed E-state index contributed by atoms with van der Waals surface area (Å²) in [5.41, 5.74) is 1.09. The van der Waals surface area contributed by atoms with Gasteiger partial charge in [-0.25, -0.2) is 0 Å². The molecule has 2 rings (SSSR count). The Bertz CT molecular complexity index is 473. The highest BCUT2D eigenvalue weighted by Gasteiger charge is 2.27. The molecular weight excluding hydrogens is 297 g/mol. The number of hydrogen-bond donors (Lipinski definition) is 1. The van der Waals surface area contributed by atoms with Crippen molar-refractivity contribution in [3.8, 4) is 0 Å². The first-order valence-electron chi connectivity index (χ1n) is 6.87. The molecule has 1 aliphatic heterocycles. The summed E-state index contributed by atoms with van der Waals surface area (Å²) in [6.45, 7) is 3.71. The lowest BCUT2D eigenvalue weighted by atomic mass is 9.95. The third-order valence-corrected chi connectivity index (χ3v) is 4.32. The van der Waals surface area contributed by atoms with Gasteiger partial charge in [-0.15, -0.1) is 0 Å². The smallest absolute Gasteiger partial charge is 0.307 e. The molecule has 2 atom stereocenters. The number of rotatable bonds is 4. The Morgan fingerprint density at radius 3 is 2.65 bits per heavy atom. The number of likely N-dealkylation sites (tertiary alicyclic amines) is 1. The quantitative estimate of drug-likeness (QED) is 0.920. The Morgan fingerprint density at radius 1 is 1.40 bits per heavy atom. The summed E-state index contributed by atoms with van der Waals surface area (Å²) in [6, 6.07) is 5.84. The molecule has 1 N–H and O–H groups in total. The fourth-order valence-corrected chi connectivity index (χ4v) is 3.38. The van der Waals surface area contributed by atoms with E-state index in [2.05, 4.69) is 11.8 Å². The number of carboxylic acid groups (broad SMARTS) is 1. The monoisotopic (exact) mass is 315 g/mol. The van der Waals surface area contributed by atoms with Crippen LogP contribution < -0.4 is 0 Å². The van der Waals surface area contributed by atoms with Gasteiger partial charge in [-0.2, -0.15) is 0 Å². The van der Waals surface area contributed by atoms with Gasteiger partial charge in [0.15, 0.2) is 0 Å². The number of aliphatic carboxylic acids is 1. The number of nitrogens with zero attached hydrogens (tertiary/aromatic N) is 1. The summed E-state index contributed by atoms with van der Waals surface area (Å²) in [5.74, 6) is -0.929. The standard InChI is InChI=1S/C15H19Cl2NO2/c1-10(5-11-6-13(16)8-14(17)7-11)18-4-2-3-12(9-18)15(19)20/h6-8,10,12H,2-5,9H2,1H3,(H,19,20). The van der Waals surface area contributed by atoms with Gasteiger partial charge in [0.05, 0.1) is 5.92 Å². The molecule has 5 heteroatoms. The molecule has 0 saturated carbocycles. The summed E-state index contributed by atoms with van der Waals surface area (Å²) in [4.78, 5) is 13.4. The van der Waals surface area contributed by atoms with E-state index < -0.39 is 5.97 Å². The summed E-state index contributed by atoms with van der Waals surface area (Å²) < 4.78 is 0. The van der Waals surface area contributed by atoms with Crippen LogP contribution in [-0.2, 0) is 11.2 Å². The normalized spacial score (nSPS) is 21.6. The van der Waals surface area contributed by atoms with Gasteiger partial charge in [0, 0.05) is 22.6 Å². The van der Waals surface area contributed by atoms with Crippen molar-refractivity contribution in [2.45, 2.75) is 32.2 Å². The van der Waals surface area contributed by atoms with Gasteiger partial charge in [0.2, 0.25) is 0 Å². The fourth-order valence-electron chi connectivity index (χ4n) is 2.81. The SMILES string of the molecule is CC(Cc1cc(Cl)cc(Cl)c1)N1CCCC(C(=O)O)C1. The van der Waals surface area contributed by atoms with Crippen LogP contribution in [0.3, 0.4) is 0 Å². The summed E-state index contributed by atoms with van der Waals surface area (Å²) in [5, 5.41) is 10.4. The lowest BCUT2D eigenvalue weighted by molar-refractivity contribution is -0.143. The first kappa shape index (κ1) is 15.6. The average Bonchev–Trinajstić information content (AvgIpc) is 2.37. The van der Waals surface area contributed by atoms with Crippen LogP contribution in [0.5, 0.6) is 0 Å². The molecule has 1 aromatic carbocycles. The van der Waals surface area contributed by atoms with E-state index in [1.54, 1.807) is 6.07 Å². The van der Waals surface area contributed by atoms with E-state index in [4.69, 9.17) is 28.3 Å². The predicted molar refractivity (Wildman–Crippen MR) is 81.6 cm³/mol. The molecule has 0 aliphatic carbocycles. The second-order valence-electron chi connectivity index (χ2n) is 5.50. The van der Waals surface area contributed by atoms with Crippen LogP contribution in [0.1, 0.15) is 25.3 Å². The molecule has 1 fully saturated rings. The van der Waals surface area contributed by atoms with Crippen LogP contribution in [0.25, 0.3) is 0 Å².